The summed E-state index contributed by atoms with van der Waals surface area (Å²) in [5.74, 6) is 0.0161. The average Bonchev–Trinajstić information content (AvgIpc) is 2.63. The van der Waals surface area contributed by atoms with Crippen molar-refractivity contribution < 1.29 is 9.90 Å². The lowest BCUT2D eigenvalue weighted by Crippen LogP contribution is -2.31. The third-order valence-corrected chi connectivity index (χ3v) is 4.29. The molecule has 1 aromatic heterocycles. The number of aromatic nitrogens is 2. The molecular formula is C15H18N2O2. The molecule has 0 aliphatic heterocycles. The molecule has 1 aliphatic rings. The summed E-state index contributed by atoms with van der Waals surface area (Å²) in [5.41, 5.74) is 2.19. The Morgan fingerprint density at radius 2 is 2.21 bits per heavy atom. The van der Waals surface area contributed by atoms with Crippen LogP contribution in [0.3, 0.4) is 0 Å². The second-order valence-corrected chi connectivity index (χ2v) is 5.89. The molecule has 100 valence electrons. The summed E-state index contributed by atoms with van der Waals surface area (Å²) < 4.78 is 2.08. The van der Waals surface area contributed by atoms with Crippen molar-refractivity contribution >= 4 is 17.0 Å². The first-order valence-electron chi connectivity index (χ1n) is 6.69. The second-order valence-electron chi connectivity index (χ2n) is 5.89. The number of hydrogen-bond acceptors (Lipinski definition) is 2. The Balaban J connectivity index is 2.16. The molecule has 4 heteroatoms. The molecule has 19 heavy (non-hydrogen) atoms. The van der Waals surface area contributed by atoms with E-state index in [-0.39, 0.29) is 0 Å². The molecule has 2 aromatic rings. The van der Waals surface area contributed by atoms with Crippen molar-refractivity contribution in [1.29, 1.82) is 0 Å². The molecule has 0 spiro atoms. The highest BCUT2D eigenvalue weighted by Crippen LogP contribution is 2.42. The topological polar surface area (TPSA) is 55.1 Å². The zero-order valence-electron chi connectivity index (χ0n) is 11.3. The fourth-order valence-corrected chi connectivity index (χ4v) is 2.99. The molecule has 1 heterocycles. The predicted octanol–water partition coefficient (Wildman–Crippen LogP) is 3.23. The van der Waals surface area contributed by atoms with Crippen LogP contribution in [0.1, 0.15) is 42.4 Å². The molecule has 1 aromatic carbocycles. The minimum absolute atomic E-state index is 0.296. The number of nitrogens with zero attached hydrogens (tertiary/aromatic N) is 2. The van der Waals surface area contributed by atoms with Crippen LogP contribution < -0.4 is 0 Å². The van der Waals surface area contributed by atoms with Crippen molar-refractivity contribution in [1.82, 2.24) is 9.55 Å². The van der Waals surface area contributed by atoms with E-state index in [1.165, 1.54) is 19.3 Å². The second kappa shape index (κ2) is 4.08. The Kier molecular flexibility index (Phi) is 2.62. The molecule has 0 saturated heterocycles. The van der Waals surface area contributed by atoms with Gasteiger partial charge in [0.05, 0.1) is 16.6 Å². The monoisotopic (exact) mass is 258 g/mol. The summed E-state index contributed by atoms with van der Waals surface area (Å²) >= 11 is 0. The SMILES string of the molecule is Cc1nc2cccc(C(=O)O)c2n1CC1(C)CCC1. The lowest BCUT2D eigenvalue weighted by atomic mass is 9.70. The van der Waals surface area contributed by atoms with Gasteiger partial charge in [0.2, 0.25) is 0 Å². The van der Waals surface area contributed by atoms with E-state index in [0.29, 0.717) is 11.0 Å². The zero-order chi connectivity index (χ0) is 13.6. The summed E-state index contributed by atoms with van der Waals surface area (Å²) in [6.07, 6.45) is 3.69. The number of carbonyl (C=O) groups is 1. The third kappa shape index (κ3) is 1.91. The van der Waals surface area contributed by atoms with Gasteiger partial charge in [-0.1, -0.05) is 19.4 Å². The molecule has 1 saturated carbocycles. The van der Waals surface area contributed by atoms with E-state index in [0.717, 1.165) is 23.4 Å². The summed E-state index contributed by atoms with van der Waals surface area (Å²) in [7, 11) is 0. The minimum Gasteiger partial charge on any atom is -0.478 e. The van der Waals surface area contributed by atoms with Gasteiger partial charge in [0.15, 0.2) is 0 Å². The van der Waals surface area contributed by atoms with Crippen molar-refractivity contribution in [2.75, 3.05) is 0 Å². The fraction of sp³-hybridized carbons (Fsp3) is 0.467. The molecule has 0 radical (unpaired) electrons. The summed E-state index contributed by atoms with van der Waals surface area (Å²) in [4.78, 5) is 15.9. The first-order chi connectivity index (χ1) is 9.00. The normalized spacial score (nSPS) is 17.4. The molecule has 0 unspecified atom stereocenters. The quantitative estimate of drug-likeness (QED) is 0.919. The highest BCUT2D eigenvalue weighted by molar-refractivity contribution is 6.01. The highest BCUT2D eigenvalue weighted by Gasteiger charge is 2.33. The average molecular weight is 258 g/mol. The number of benzene rings is 1. The Morgan fingerprint density at radius 1 is 1.47 bits per heavy atom. The molecular weight excluding hydrogens is 240 g/mol. The molecule has 1 aliphatic carbocycles. The van der Waals surface area contributed by atoms with Gasteiger partial charge >= 0.3 is 5.97 Å². The van der Waals surface area contributed by atoms with Crippen molar-refractivity contribution in [3.8, 4) is 0 Å². The lowest BCUT2D eigenvalue weighted by molar-refractivity contribution is 0.0698. The lowest BCUT2D eigenvalue weighted by Gasteiger charge is -2.39. The van der Waals surface area contributed by atoms with Crippen LogP contribution in [-0.4, -0.2) is 20.6 Å². The van der Waals surface area contributed by atoms with E-state index < -0.39 is 5.97 Å². The molecule has 0 amide bonds. The summed E-state index contributed by atoms with van der Waals surface area (Å²) in [6.45, 7) is 5.08. The van der Waals surface area contributed by atoms with Crippen molar-refractivity contribution in [3.63, 3.8) is 0 Å². The molecule has 3 rings (SSSR count). The Bertz CT molecular complexity index is 653. The van der Waals surface area contributed by atoms with E-state index in [4.69, 9.17) is 0 Å². The van der Waals surface area contributed by atoms with E-state index >= 15 is 0 Å². The number of carboxylic acids is 1. The van der Waals surface area contributed by atoms with Gasteiger partial charge in [0.1, 0.15) is 5.82 Å². The smallest absolute Gasteiger partial charge is 0.337 e. The number of carboxylic acid groups (broad SMARTS) is 1. The fourth-order valence-electron chi connectivity index (χ4n) is 2.99. The molecule has 1 N–H and O–H groups in total. The van der Waals surface area contributed by atoms with Crippen molar-refractivity contribution in [2.45, 2.75) is 39.7 Å². The van der Waals surface area contributed by atoms with Crippen LogP contribution >= 0.6 is 0 Å². The van der Waals surface area contributed by atoms with Crippen LogP contribution in [0.4, 0.5) is 0 Å². The van der Waals surface area contributed by atoms with Gasteiger partial charge in [-0.15, -0.1) is 0 Å². The van der Waals surface area contributed by atoms with Crippen LogP contribution in [0.15, 0.2) is 18.2 Å². The summed E-state index contributed by atoms with van der Waals surface area (Å²) in [5, 5.41) is 9.34. The van der Waals surface area contributed by atoms with Crippen LogP contribution in [-0.2, 0) is 6.54 Å². The van der Waals surface area contributed by atoms with Gasteiger partial charge < -0.3 is 9.67 Å². The van der Waals surface area contributed by atoms with Crippen molar-refractivity contribution in [3.05, 3.63) is 29.6 Å². The van der Waals surface area contributed by atoms with Gasteiger partial charge in [0.25, 0.3) is 0 Å². The summed E-state index contributed by atoms with van der Waals surface area (Å²) in [6, 6.07) is 5.30. The molecule has 1 fully saturated rings. The van der Waals surface area contributed by atoms with Gasteiger partial charge in [-0.25, -0.2) is 9.78 Å². The van der Waals surface area contributed by atoms with E-state index in [2.05, 4.69) is 16.5 Å². The Morgan fingerprint density at radius 3 is 2.79 bits per heavy atom. The van der Waals surface area contributed by atoms with Gasteiger partial charge in [-0.2, -0.15) is 0 Å². The number of para-hydroxylation sites is 1. The minimum atomic E-state index is -0.884. The maximum Gasteiger partial charge on any atom is 0.337 e. The first kappa shape index (κ1) is 12.2. The Hall–Kier alpha value is -1.84. The molecule has 4 nitrogen and oxygen atoms in total. The molecule has 0 atom stereocenters. The number of aryl methyl sites for hydroxylation is 1. The van der Waals surface area contributed by atoms with Gasteiger partial charge in [0, 0.05) is 6.54 Å². The first-order valence-corrected chi connectivity index (χ1v) is 6.69. The number of imidazole rings is 1. The maximum atomic E-state index is 11.4. The standard InChI is InChI=1S/C15H18N2O2/c1-10-16-12-6-3-5-11(14(18)19)13(12)17(10)9-15(2)7-4-8-15/h3,5-6H,4,7-9H2,1-2H3,(H,18,19). The largest absolute Gasteiger partial charge is 0.478 e. The van der Waals surface area contributed by atoms with E-state index in [1.54, 1.807) is 12.1 Å². The maximum absolute atomic E-state index is 11.4. The van der Waals surface area contributed by atoms with Crippen LogP contribution in [0.5, 0.6) is 0 Å². The zero-order valence-corrected chi connectivity index (χ0v) is 11.3. The van der Waals surface area contributed by atoms with Crippen LogP contribution in [0, 0.1) is 12.3 Å². The van der Waals surface area contributed by atoms with Crippen LogP contribution in [0.2, 0.25) is 0 Å². The molecule has 0 bridgehead atoms. The van der Waals surface area contributed by atoms with E-state index in [9.17, 15) is 9.90 Å². The highest BCUT2D eigenvalue weighted by atomic mass is 16.4. The third-order valence-electron chi connectivity index (χ3n) is 4.29. The predicted molar refractivity (Wildman–Crippen MR) is 73.4 cm³/mol. The number of fused-ring (bicyclic) bond motifs is 1. The number of hydrogen-bond donors (Lipinski definition) is 1. The Labute approximate surface area is 112 Å². The number of rotatable bonds is 3. The van der Waals surface area contributed by atoms with E-state index in [1.807, 2.05) is 13.0 Å². The van der Waals surface area contributed by atoms with Crippen LogP contribution in [0.25, 0.3) is 11.0 Å². The van der Waals surface area contributed by atoms with Gasteiger partial charge in [-0.05, 0) is 37.3 Å². The number of aromatic carboxylic acids is 1. The van der Waals surface area contributed by atoms with Gasteiger partial charge in [-0.3, -0.25) is 0 Å². The van der Waals surface area contributed by atoms with Crippen molar-refractivity contribution in [2.24, 2.45) is 5.41 Å².